The zero-order chi connectivity index (χ0) is 49.4. The van der Waals surface area contributed by atoms with Crippen LogP contribution in [0.5, 0.6) is 0 Å². The maximum atomic E-state index is 6.54. The van der Waals surface area contributed by atoms with E-state index in [1.165, 1.54) is 76.0 Å². The predicted octanol–water partition coefficient (Wildman–Crippen LogP) is 18.3. The van der Waals surface area contributed by atoms with Crippen molar-refractivity contribution in [2.45, 2.75) is 114 Å². The van der Waals surface area contributed by atoms with Crippen LogP contribution in [0.1, 0.15) is 119 Å². The average molecular weight is 957 g/mol. The first-order valence-electron chi connectivity index (χ1n) is 27.8. The van der Waals surface area contributed by atoms with Crippen molar-refractivity contribution in [2.75, 3.05) is 16.8 Å². The molecule has 0 radical (unpaired) electrons. The number of allylic oxidation sites excluding steroid dienone is 11. The van der Waals surface area contributed by atoms with Gasteiger partial charge in [0.2, 0.25) is 0 Å². The second-order valence-electron chi connectivity index (χ2n) is 22.4. The van der Waals surface area contributed by atoms with E-state index in [-0.39, 0.29) is 16.9 Å². The van der Waals surface area contributed by atoms with Crippen molar-refractivity contribution in [1.82, 2.24) is 0 Å². The second kappa shape index (κ2) is 20.2. The molecule has 6 aromatic carbocycles. The summed E-state index contributed by atoms with van der Waals surface area (Å²) in [5, 5.41) is 3.90. The highest BCUT2D eigenvalue weighted by atomic mass is 16.5. The number of unbranched alkanes of at least 4 members (excludes halogenated alkanes) is 3. The largest absolute Gasteiger partial charge is 0.498 e. The molecule has 6 aliphatic carbocycles. The molecule has 0 saturated carbocycles. The topological polar surface area (TPSA) is 24.5 Å². The summed E-state index contributed by atoms with van der Waals surface area (Å²) in [5.74, 6) is 3.07. The van der Waals surface area contributed by atoms with Gasteiger partial charge in [0.25, 0.3) is 0 Å². The lowest BCUT2D eigenvalue weighted by Gasteiger charge is -2.50. The molecule has 6 aliphatic rings. The van der Waals surface area contributed by atoms with E-state index in [1.807, 2.05) is 0 Å². The van der Waals surface area contributed by atoms with E-state index in [0.29, 0.717) is 29.6 Å². The fourth-order valence-electron chi connectivity index (χ4n) is 14.5. The third-order valence-corrected chi connectivity index (χ3v) is 18.0. The quantitative estimate of drug-likeness (QED) is 0.0820. The molecule has 368 valence electrons. The van der Waals surface area contributed by atoms with E-state index in [1.54, 1.807) is 11.1 Å². The van der Waals surface area contributed by atoms with Crippen LogP contribution in [-0.2, 0) is 15.6 Å². The Kier molecular flexibility index (Phi) is 13.1. The molecule has 6 aromatic rings. The van der Waals surface area contributed by atoms with Crippen LogP contribution in [0, 0.1) is 17.8 Å². The van der Waals surface area contributed by atoms with Crippen molar-refractivity contribution >= 4 is 17.1 Å². The highest BCUT2D eigenvalue weighted by molar-refractivity contribution is 5.72. The highest BCUT2D eigenvalue weighted by Gasteiger charge is 2.58. The summed E-state index contributed by atoms with van der Waals surface area (Å²) in [5.41, 5.74) is 17.5. The number of fused-ring (bicyclic) bond motifs is 6. The summed E-state index contributed by atoms with van der Waals surface area (Å²) < 4.78 is 6.54. The number of rotatable bonds is 15. The standard InChI is InChI=1S/C70H72N2O/c1-4-5-6-18-45-73-60-40-31-54(32-41-60)70(53-23-14-9-15-24-53)67-46-56(71-55-33-27-51(28-34-55)49-19-10-7-11-20-49)35-42-63(67)64-44-39-59(48-68(64)70)72(57-36-29-52(30-37-57)50-21-12-8-13-22-50)58-38-43-62-61-25-16-17-26-65(61)69(2,3)66(62)47-58/h7-17,19-23,25-31,33-37,39-40,42,44,46-47,53,59,62,64,66,68,71H,4-6,18,24,32,38,41,43,45,48H2,1-3H3/t53?,59?,62?,64?,66?,68-,70?/m1/s1. The van der Waals surface area contributed by atoms with Gasteiger partial charge in [0.05, 0.1) is 18.4 Å². The Balaban J connectivity index is 0.958. The van der Waals surface area contributed by atoms with Crippen LogP contribution in [0.4, 0.5) is 17.1 Å². The minimum absolute atomic E-state index is 0.0566. The molecule has 6 unspecified atom stereocenters. The minimum atomic E-state index is -0.230. The number of nitrogens with one attached hydrogen (secondary N) is 1. The van der Waals surface area contributed by atoms with Gasteiger partial charge in [0.1, 0.15) is 0 Å². The molecule has 3 heteroatoms. The first kappa shape index (κ1) is 47.2. The van der Waals surface area contributed by atoms with Gasteiger partial charge in [-0.25, -0.2) is 0 Å². The number of nitrogens with zero attached hydrogens (tertiary/aromatic N) is 1. The van der Waals surface area contributed by atoms with Crippen molar-refractivity contribution < 1.29 is 4.74 Å². The molecule has 0 heterocycles. The zero-order valence-corrected chi connectivity index (χ0v) is 43.2. The Morgan fingerprint density at radius 2 is 1.34 bits per heavy atom. The van der Waals surface area contributed by atoms with E-state index in [4.69, 9.17) is 4.74 Å². The summed E-state index contributed by atoms with van der Waals surface area (Å²) in [6.07, 6.45) is 33.6. The molecule has 0 bridgehead atoms. The Bertz CT molecular complexity index is 3110. The van der Waals surface area contributed by atoms with E-state index in [2.05, 4.69) is 237 Å². The molecular formula is C70H72N2O. The SMILES string of the molecule is CCCCCCOC1=CC=C(C2(C3C=CC=CC3)c3cc(Nc4ccc(-c5ccccc5)cc4)ccc3C3C=CC(N(C4=CC5C(CC4)c4ccccc4C5(C)C)c4ccc(-c5ccccc5)cc4)C[C@H]32)CC1. The van der Waals surface area contributed by atoms with Crippen molar-refractivity contribution in [3.8, 4) is 22.3 Å². The van der Waals surface area contributed by atoms with Gasteiger partial charge >= 0.3 is 0 Å². The van der Waals surface area contributed by atoms with E-state index >= 15 is 0 Å². The molecule has 0 saturated heterocycles. The monoisotopic (exact) mass is 957 g/mol. The lowest BCUT2D eigenvalue weighted by molar-refractivity contribution is 0.186. The second-order valence-corrected chi connectivity index (χ2v) is 22.4. The van der Waals surface area contributed by atoms with Crippen LogP contribution in [-0.4, -0.2) is 12.6 Å². The van der Waals surface area contributed by atoms with Crippen LogP contribution in [0.15, 0.2) is 223 Å². The summed E-state index contributed by atoms with van der Waals surface area (Å²) in [4.78, 5) is 2.80. The van der Waals surface area contributed by atoms with Crippen LogP contribution in [0.3, 0.4) is 0 Å². The third-order valence-electron chi connectivity index (χ3n) is 18.0. The molecule has 0 fully saturated rings. The first-order valence-corrected chi connectivity index (χ1v) is 27.8. The fourth-order valence-corrected chi connectivity index (χ4v) is 14.5. The number of ether oxygens (including phenoxy) is 1. The van der Waals surface area contributed by atoms with Gasteiger partial charge in [0, 0.05) is 40.5 Å². The molecule has 73 heavy (non-hydrogen) atoms. The Morgan fingerprint density at radius 3 is 2.05 bits per heavy atom. The molecular weight excluding hydrogens is 885 g/mol. The highest BCUT2D eigenvalue weighted by Crippen LogP contribution is 2.65. The average Bonchev–Trinajstić information content (AvgIpc) is 3.86. The minimum Gasteiger partial charge on any atom is -0.498 e. The third kappa shape index (κ3) is 8.77. The first-order chi connectivity index (χ1) is 35.9. The molecule has 1 N–H and O–H groups in total. The molecule has 0 aromatic heterocycles. The lowest BCUT2D eigenvalue weighted by atomic mass is 9.55. The summed E-state index contributed by atoms with van der Waals surface area (Å²) in [7, 11) is 0. The van der Waals surface area contributed by atoms with Gasteiger partial charge in [-0.1, -0.05) is 209 Å². The number of hydrogen-bond donors (Lipinski definition) is 1. The Morgan fingerprint density at radius 1 is 0.630 bits per heavy atom. The van der Waals surface area contributed by atoms with Gasteiger partial charge in [0.15, 0.2) is 0 Å². The van der Waals surface area contributed by atoms with E-state index in [9.17, 15) is 0 Å². The van der Waals surface area contributed by atoms with Gasteiger partial charge in [-0.3, -0.25) is 0 Å². The molecule has 7 atom stereocenters. The normalized spacial score (nSPS) is 25.1. The summed E-state index contributed by atoms with van der Waals surface area (Å²) in [6, 6.07) is 56.9. The smallest absolute Gasteiger partial charge is 0.0962 e. The molecule has 0 spiro atoms. The Hall–Kier alpha value is -6.84. The Labute approximate surface area is 435 Å². The molecule has 12 rings (SSSR count). The van der Waals surface area contributed by atoms with Crippen molar-refractivity contribution in [1.29, 1.82) is 0 Å². The van der Waals surface area contributed by atoms with E-state index < -0.39 is 0 Å². The zero-order valence-electron chi connectivity index (χ0n) is 43.2. The maximum Gasteiger partial charge on any atom is 0.0962 e. The van der Waals surface area contributed by atoms with Gasteiger partial charge in [-0.05, 0) is 155 Å². The van der Waals surface area contributed by atoms with Crippen LogP contribution >= 0.6 is 0 Å². The molecule has 0 amide bonds. The summed E-state index contributed by atoms with van der Waals surface area (Å²) in [6.45, 7) is 8.07. The number of hydrogen-bond acceptors (Lipinski definition) is 3. The number of anilines is 3. The van der Waals surface area contributed by atoms with Gasteiger partial charge in [-0.15, -0.1) is 0 Å². The van der Waals surface area contributed by atoms with Gasteiger partial charge in [-0.2, -0.15) is 0 Å². The maximum absolute atomic E-state index is 6.54. The predicted molar refractivity (Wildman–Crippen MR) is 306 cm³/mol. The van der Waals surface area contributed by atoms with Crippen LogP contribution in [0.2, 0.25) is 0 Å². The number of benzene rings is 6. The van der Waals surface area contributed by atoms with Crippen molar-refractivity contribution in [2.24, 2.45) is 17.8 Å². The van der Waals surface area contributed by atoms with Crippen molar-refractivity contribution in [3.63, 3.8) is 0 Å². The van der Waals surface area contributed by atoms with Gasteiger partial charge < -0.3 is 15.0 Å². The fraction of sp³-hybridized carbons (Fsp3) is 0.314. The molecule has 0 aliphatic heterocycles. The van der Waals surface area contributed by atoms with Crippen LogP contribution in [0.25, 0.3) is 22.3 Å². The van der Waals surface area contributed by atoms with Crippen molar-refractivity contribution in [3.05, 3.63) is 246 Å². The van der Waals surface area contributed by atoms with Crippen LogP contribution < -0.4 is 10.2 Å². The van der Waals surface area contributed by atoms with E-state index in [0.717, 1.165) is 62.3 Å². The summed E-state index contributed by atoms with van der Waals surface area (Å²) >= 11 is 0. The molecule has 3 nitrogen and oxygen atoms in total. The lowest BCUT2D eigenvalue weighted by Crippen LogP contribution is -2.47.